The van der Waals surface area contributed by atoms with Crippen molar-refractivity contribution in [1.82, 2.24) is 4.90 Å². The van der Waals surface area contributed by atoms with E-state index in [-0.39, 0.29) is 0 Å². The van der Waals surface area contributed by atoms with Gasteiger partial charge in [-0.3, -0.25) is 0 Å². The fourth-order valence-electron chi connectivity index (χ4n) is 2.35. The maximum atomic E-state index is 5.56. The van der Waals surface area contributed by atoms with Crippen molar-refractivity contribution in [2.45, 2.75) is 24.8 Å². The summed E-state index contributed by atoms with van der Waals surface area (Å²) in [5.41, 5.74) is 6.19. The van der Waals surface area contributed by atoms with Crippen LogP contribution in [-0.2, 0) is 0 Å². The zero-order valence-corrected chi connectivity index (χ0v) is 6.64. The Kier molecular flexibility index (Phi) is 1.29. The zero-order chi connectivity index (χ0) is 7.19. The topological polar surface area (TPSA) is 29.3 Å². The van der Waals surface area contributed by atoms with Gasteiger partial charge in [0.25, 0.3) is 0 Å². The lowest BCUT2D eigenvalue weighted by Gasteiger charge is -2.60. The van der Waals surface area contributed by atoms with Gasteiger partial charge < -0.3 is 10.6 Å². The molecule has 2 rings (SSSR count). The van der Waals surface area contributed by atoms with Crippen molar-refractivity contribution in [3.8, 4) is 0 Å². The first-order chi connectivity index (χ1) is 4.77. The molecule has 1 spiro atoms. The molecule has 2 aliphatic rings. The molecule has 0 amide bonds. The molecular formula is C8H16N2. The van der Waals surface area contributed by atoms with Gasteiger partial charge >= 0.3 is 0 Å². The monoisotopic (exact) mass is 140 g/mol. The molecule has 1 saturated heterocycles. The van der Waals surface area contributed by atoms with Crippen LogP contribution >= 0.6 is 0 Å². The van der Waals surface area contributed by atoms with E-state index in [1.165, 1.54) is 25.8 Å². The van der Waals surface area contributed by atoms with Crippen LogP contribution in [0.15, 0.2) is 0 Å². The molecule has 0 bridgehead atoms. The molecule has 0 atom stereocenters. The Morgan fingerprint density at radius 2 is 2.30 bits per heavy atom. The lowest BCUT2D eigenvalue weighted by atomic mass is 9.62. The van der Waals surface area contributed by atoms with Crippen LogP contribution in [0.5, 0.6) is 0 Å². The van der Waals surface area contributed by atoms with Crippen molar-refractivity contribution in [3.05, 3.63) is 0 Å². The summed E-state index contributed by atoms with van der Waals surface area (Å²) in [7, 11) is 2.23. The lowest BCUT2D eigenvalue weighted by Crippen LogP contribution is -2.65. The van der Waals surface area contributed by atoms with Gasteiger partial charge in [-0.1, -0.05) is 0 Å². The van der Waals surface area contributed by atoms with Crippen LogP contribution in [0, 0.1) is 5.92 Å². The van der Waals surface area contributed by atoms with Crippen LogP contribution in [-0.4, -0.2) is 30.6 Å². The fourth-order valence-corrected chi connectivity index (χ4v) is 2.35. The molecular weight excluding hydrogens is 124 g/mol. The Morgan fingerprint density at radius 1 is 1.60 bits per heavy atom. The molecule has 0 aromatic rings. The third-order valence-electron chi connectivity index (χ3n) is 3.39. The van der Waals surface area contributed by atoms with Gasteiger partial charge in [0.1, 0.15) is 0 Å². The molecule has 2 heteroatoms. The summed E-state index contributed by atoms with van der Waals surface area (Å²) in [6.45, 7) is 2.20. The summed E-state index contributed by atoms with van der Waals surface area (Å²) in [5.74, 6) is 0.836. The molecule has 2 N–H and O–H groups in total. The fraction of sp³-hybridized carbons (Fsp3) is 1.00. The zero-order valence-electron chi connectivity index (χ0n) is 6.64. The van der Waals surface area contributed by atoms with Crippen molar-refractivity contribution in [3.63, 3.8) is 0 Å². The van der Waals surface area contributed by atoms with E-state index in [4.69, 9.17) is 5.73 Å². The van der Waals surface area contributed by atoms with Crippen molar-refractivity contribution >= 4 is 0 Å². The second-order valence-electron chi connectivity index (χ2n) is 3.91. The highest BCUT2D eigenvalue weighted by Gasteiger charge is 2.51. The van der Waals surface area contributed by atoms with E-state index in [0.717, 1.165) is 12.5 Å². The second-order valence-corrected chi connectivity index (χ2v) is 3.91. The maximum absolute atomic E-state index is 5.56. The van der Waals surface area contributed by atoms with Crippen molar-refractivity contribution in [1.29, 1.82) is 0 Å². The number of hydrogen-bond donors (Lipinski definition) is 1. The van der Waals surface area contributed by atoms with Crippen molar-refractivity contribution in [2.24, 2.45) is 11.7 Å². The van der Waals surface area contributed by atoms with E-state index in [1.807, 2.05) is 0 Å². The predicted octanol–water partition coefficient (Wildman–Crippen LogP) is 0.429. The number of likely N-dealkylation sites (tertiary alicyclic amines) is 1. The quantitative estimate of drug-likeness (QED) is 0.572. The first-order valence-electron chi connectivity index (χ1n) is 4.18. The predicted molar refractivity (Wildman–Crippen MR) is 41.8 cm³/mol. The van der Waals surface area contributed by atoms with Crippen LogP contribution in [0.3, 0.4) is 0 Å². The Morgan fingerprint density at radius 3 is 2.60 bits per heavy atom. The van der Waals surface area contributed by atoms with E-state index in [2.05, 4.69) is 11.9 Å². The summed E-state index contributed by atoms with van der Waals surface area (Å²) in [6.07, 6.45) is 4.14. The van der Waals surface area contributed by atoms with Gasteiger partial charge in [0.2, 0.25) is 0 Å². The number of hydrogen-bond acceptors (Lipinski definition) is 2. The highest BCUT2D eigenvalue weighted by Crippen LogP contribution is 2.49. The van der Waals surface area contributed by atoms with Gasteiger partial charge in [-0.25, -0.2) is 0 Å². The van der Waals surface area contributed by atoms with Crippen molar-refractivity contribution < 1.29 is 0 Å². The van der Waals surface area contributed by atoms with Gasteiger partial charge in [0, 0.05) is 12.1 Å². The average molecular weight is 140 g/mol. The van der Waals surface area contributed by atoms with Gasteiger partial charge in [-0.15, -0.1) is 0 Å². The Bertz CT molecular complexity index is 138. The molecule has 0 aromatic carbocycles. The summed E-state index contributed by atoms with van der Waals surface area (Å²) < 4.78 is 0. The van der Waals surface area contributed by atoms with Gasteiger partial charge in [-0.2, -0.15) is 0 Å². The number of rotatable bonds is 1. The van der Waals surface area contributed by atoms with Gasteiger partial charge in [0.15, 0.2) is 0 Å². The largest absolute Gasteiger partial charge is 0.330 e. The minimum Gasteiger partial charge on any atom is -0.330 e. The van der Waals surface area contributed by atoms with E-state index in [9.17, 15) is 0 Å². The molecule has 0 radical (unpaired) electrons. The molecule has 2 nitrogen and oxygen atoms in total. The normalized spacial score (nSPS) is 46.8. The minimum absolute atomic E-state index is 0.629. The smallest absolute Gasteiger partial charge is 0.0225 e. The minimum atomic E-state index is 0.629. The first-order valence-corrected chi connectivity index (χ1v) is 4.18. The van der Waals surface area contributed by atoms with Crippen molar-refractivity contribution in [2.75, 3.05) is 20.1 Å². The van der Waals surface area contributed by atoms with Crippen LogP contribution < -0.4 is 5.73 Å². The van der Waals surface area contributed by atoms with E-state index < -0.39 is 0 Å². The summed E-state index contributed by atoms with van der Waals surface area (Å²) in [4.78, 5) is 2.49. The Balaban J connectivity index is 1.88. The van der Waals surface area contributed by atoms with Crippen LogP contribution in [0.2, 0.25) is 0 Å². The van der Waals surface area contributed by atoms with E-state index >= 15 is 0 Å². The molecule has 58 valence electrons. The third-order valence-corrected chi connectivity index (χ3v) is 3.39. The molecule has 1 heterocycles. The highest BCUT2D eigenvalue weighted by atomic mass is 15.2. The summed E-state index contributed by atoms with van der Waals surface area (Å²) in [5, 5.41) is 0. The van der Waals surface area contributed by atoms with Crippen LogP contribution in [0.1, 0.15) is 19.3 Å². The molecule has 0 aromatic heterocycles. The lowest BCUT2D eigenvalue weighted by molar-refractivity contribution is -0.0846. The Hall–Kier alpha value is -0.0800. The molecule has 1 aliphatic heterocycles. The van der Waals surface area contributed by atoms with Crippen LogP contribution in [0.25, 0.3) is 0 Å². The number of nitrogens with zero attached hydrogens (tertiary/aromatic N) is 1. The standard InChI is InChI=1S/C8H16N2/c1-10-3-2-8(10)4-7(5-8)6-9/h7H,2-6,9H2,1H3. The van der Waals surface area contributed by atoms with Gasteiger partial charge in [-0.05, 0) is 38.8 Å². The third kappa shape index (κ3) is 0.663. The maximum Gasteiger partial charge on any atom is 0.0225 e. The SMILES string of the molecule is CN1CCC12CC(CN)C2. The summed E-state index contributed by atoms with van der Waals surface area (Å²) >= 11 is 0. The molecule has 1 aliphatic carbocycles. The molecule has 10 heavy (non-hydrogen) atoms. The molecule has 2 fully saturated rings. The van der Waals surface area contributed by atoms with Crippen LogP contribution in [0.4, 0.5) is 0 Å². The second kappa shape index (κ2) is 1.95. The molecule has 1 saturated carbocycles. The average Bonchev–Trinajstić information content (AvgIpc) is 1.83. The number of nitrogens with two attached hydrogens (primary N) is 1. The Labute approximate surface area is 62.4 Å². The van der Waals surface area contributed by atoms with E-state index in [0.29, 0.717) is 5.54 Å². The highest BCUT2D eigenvalue weighted by molar-refractivity contribution is 5.07. The van der Waals surface area contributed by atoms with Gasteiger partial charge in [0.05, 0.1) is 0 Å². The summed E-state index contributed by atoms with van der Waals surface area (Å²) in [6, 6.07) is 0. The first kappa shape index (κ1) is 6.62. The molecule has 0 unspecified atom stereocenters. The van der Waals surface area contributed by atoms with E-state index in [1.54, 1.807) is 0 Å².